The van der Waals surface area contributed by atoms with Gasteiger partial charge in [-0.1, -0.05) is 257 Å². The van der Waals surface area contributed by atoms with Crippen LogP contribution < -0.4 is 47.6 Å². The maximum atomic E-state index is 11.7. The molecule has 0 aromatic heterocycles. The zero-order valence-electron chi connectivity index (χ0n) is 41.2. The Labute approximate surface area is 445 Å². The third-order valence-electron chi connectivity index (χ3n) is 12.8. The Kier molecular flexibility index (Phi) is 21.9. The molecule has 6 radical (unpaired) electrons. The Morgan fingerprint density at radius 3 is 1.18 bits per heavy atom. The van der Waals surface area contributed by atoms with Crippen molar-refractivity contribution in [1.29, 1.82) is 0 Å². The molecule has 0 bridgehead atoms. The van der Waals surface area contributed by atoms with Crippen molar-refractivity contribution in [2.45, 2.75) is 33.6 Å². The number of nitrogens with zero attached hydrogens (tertiary/aromatic N) is 1. The van der Waals surface area contributed by atoms with Gasteiger partial charge in [0, 0.05) is 18.7 Å². The molecule has 0 spiro atoms. The molecule has 0 N–H and O–H groups in total. The Hall–Kier alpha value is -5.63. The first-order valence-corrected chi connectivity index (χ1v) is 26.1. The van der Waals surface area contributed by atoms with Crippen LogP contribution in [-0.2, 0) is 19.5 Å². The third-order valence-corrected chi connectivity index (χ3v) is 15.7. The Bertz CT molecular complexity index is 2470. The Morgan fingerprint density at radius 2 is 0.859 bits per heavy atom. The predicted molar refractivity (Wildman–Crippen MR) is 304 cm³/mol. The van der Waals surface area contributed by atoms with Crippen LogP contribution in [0.2, 0.25) is 0 Å². The fourth-order valence-corrected chi connectivity index (χ4v) is 11.8. The van der Waals surface area contributed by atoms with Gasteiger partial charge in [0.05, 0.1) is 7.11 Å². The summed E-state index contributed by atoms with van der Waals surface area (Å²) < 4.78 is 5.11. The molecule has 1 aliphatic carbocycles. The van der Waals surface area contributed by atoms with Crippen molar-refractivity contribution in [2.75, 3.05) is 20.2 Å². The van der Waals surface area contributed by atoms with Gasteiger partial charge >= 0.3 is 19.5 Å². The van der Waals surface area contributed by atoms with E-state index in [1.165, 1.54) is 55.7 Å². The molecule has 0 atom stereocenters. The molecule has 8 aromatic rings. The number of thiocarbonyl (C=S) groups is 1. The van der Waals surface area contributed by atoms with E-state index in [4.69, 9.17) is 17.0 Å². The van der Waals surface area contributed by atoms with Crippen LogP contribution in [0.1, 0.15) is 39.2 Å². The van der Waals surface area contributed by atoms with Crippen LogP contribution in [0.5, 0.6) is 11.5 Å². The van der Waals surface area contributed by atoms with Crippen LogP contribution in [0.25, 0.3) is 0 Å². The van der Waals surface area contributed by atoms with Crippen molar-refractivity contribution in [3.63, 3.8) is 0 Å². The van der Waals surface area contributed by atoms with Crippen molar-refractivity contribution in [2.24, 2.45) is 5.92 Å². The average Bonchev–Trinajstić information content (AvgIpc) is 3.98. The smallest absolute Gasteiger partial charge is 0.872 e. The number of benzene rings is 8. The van der Waals surface area contributed by atoms with E-state index in [0.29, 0.717) is 22.2 Å². The molecule has 1 aliphatic heterocycles. The minimum Gasteiger partial charge on any atom is -0.872 e. The van der Waals surface area contributed by atoms with Crippen molar-refractivity contribution in [1.82, 2.24) is 4.90 Å². The van der Waals surface area contributed by atoms with E-state index in [9.17, 15) is 5.11 Å². The summed E-state index contributed by atoms with van der Waals surface area (Å²) in [6, 6.07) is 80.8. The summed E-state index contributed by atoms with van der Waals surface area (Å²) in [5, 5.41) is 15.9. The standard InChI is InChI=1S/C24H20B.C18H15P.C12H15NO2S.C10H14.Ru/c1-5-13-21(14-6-1)25(22-15-7-2-8-16-22,23-17-9-3-10-18-23)24-19-11-4-12-20-24;1-4-10-16(11-5-1)19(17-12-6-2-7-13-17)18-14-8-3-9-15-18;1-15-9-4-5-11(14)10(8-9)12(16)13-6-2-3-7-13;1-8(2)10-6-4-9(3)5-7-10;/h1-20H;1-15H;4-5,8,14H,2-3,6-7H2,1H3;4-8H,1-3H3;/q-1;;;;+2/p-1. The summed E-state index contributed by atoms with van der Waals surface area (Å²) in [7, 11) is 1.14. The predicted octanol–water partition coefficient (Wildman–Crippen LogP) is 10.7. The first kappa shape index (κ1) is 54.7. The number of rotatable bonds is 10. The van der Waals surface area contributed by atoms with Crippen LogP contribution in [0, 0.1) is 43.4 Å². The van der Waals surface area contributed by atoms with Crippen LogP contribution in [-0.4, -0.2) is 36.2 Å². The molecule has 2 fully saturated rings. The summed E-state index contributed by atoms with van der Waals surface area (Å²) in [5.74, 6) is 4.06. The molecule has 1 heterocycles. The van der Waals surface area contributed by atoms with E-state index in [2.05, 4.69) is 264 Å². The van der Waals surface area contributed by atoms with Crippen molar-refractivity contribution in [3.8, 4) is 11.5 Å². The number of hydrogen-bond donors (Lipinski definition) is 0. The number of hydrogen-bond acceptors (Lipinski definition) is 3. The van der Waals surface area contributed by atoms with Crippen LogP contribution in [0.3, 0.4) is 0 Å². The van der Waals surface area contributed by atoms with E-state index in [-0.39, 0.29) is 25.2 Å². The fraction of sp³-hybridized carbons (Fsp3) is 0.141. The molecule has 0 unspecified atom stereocenters. The molecule has 71 heavy (non-hydrogen) atoms. The summed E-state index contributed by atoms with van der Waals surface area (Å²) in [6.45, 7) is 8.45. The van der Waals surface area contributed by atoms with Gasteiger partial charge in [0.2, 0.25) is 0 Å². The molecule has 8 aromatic carbocycles. The van der Waals surface area contributed by atoms with Gasteiger partial charge in [-0.15, -0.1) is 0 Å². The second kappa shape index (κ2) is 28.4. The largest absolute Gasteiger partial charge is 2.00 e. The van der Waals surface area contributed by atoms with Crippen molar-refractivity contribution >= 4 is 69.0 Å². The molecule has 10 rings (SSSR count). The zero-order chi connectivity index (χ0) is 49.0. The maximum absolute atomic E-state index is 11.7. The molecular formula is C64H63BNO2PRuS. The van der Waals surface area contributed by atoms with Crippen LogP contribution >= 0.6 is 20.1 Å². The molecule has 7 heteroatoms. The average molecular weight is 1050 g/mol. The Morgan fingerprint density at radius 1 is 0.521 bits per heavy atom. The van der Waals surface area contributed by atoms with Gasteiger partial charge in [-0.2, -0.15) is 21.9 Å². The van der Waals surface area contributed by atoms with Gasteiger partial charge in [0.25, 0.3) is 0 Å². The summed E-state index contributed by atoms with van der Waals surface area (Å²) >= 11 is 5.35. The van der Waals surface area contributed by atoms with E-state index >= 15 is 0 Å². The summed E-state index contributed by atoms with van der Waals surface area (Å²) in [6.07, 6.45) is 9.80. The molecule has 358 valence electrons. The van der Waals surface area contributed by atoms with Crippen molar-refractivity contribution in [3.05, 3.63) is 274 Å². The summed E-state index contributed by atoms with van der Waals surface area (Å²) in [5.41, 5.74) is 5.94. The van der Waals surface area contributed by atoms with E-state index in [1.807, 2.05) is 0 Å². The monoisotopic (exact) mass is 1050 g/mol. The van der Waals surface area contributed by atoms with Gasteiger partial charge in [0.15, 0.2) is 0 Å². The minimum atomic E-state index is -1.22. The SMILES string of the molecule is COc1ccc([O-])c(C(=S)N2CCCC2)c1.C[C]1[CH][CH][C](C(C)C)[CH][CH]1.[Ru+2].c1ccc(P(c2ccccc2)c2ccccc2)cc1.c1ccc([B-](c2ccccc2)(c2ccccc2)c2ccccc2)cc1. The number of likely N-dealkylation sites (tertiary alicyclic amines) is 1. The summed E-state index contributed by atoms with van der Waals surface area (Å²) in [4.78, 5) is 2.74. The van der Waals surface area contributed by atoms with Gasteiger partial charge < -0.3 is 14.7 Å². The van der Waals surface area contributed by atoms with Crippen LogP contribution in [0.4, 0.5) is 0 Å². The quantitative estimate of drug-likeness (QED) is 0.0777. The second-order valence-electron chi connectivity index (χ2n) is 17.8. The number of methoxy groups -OCH3 is 1. The van der Waals surface area contributed by atoms with E-state index in [1.54, 1.807) is 19.2 Å². The molecule has 1 saturated heterocycles. The van der Waals surface area contributed by atoms with Gasteiger partial charge in [-0.05, 0) is 92.2 Å². The molecule has 0 amide bonds. The van der Waals surface area contributed by atoms with Crippen molar-refractivity contribution < 1.29 is 29.3 Å². The van der Waals surface area contributed by atoms with Gasteiger partial charge in [-0.25, -0.2) is 0 Å². The normalized spacial score (nSPS) is 13.6. The Balaban J connectivity index is 0.000000161. The van der Waals surface area contributed by atoms with E-state index in [0.717, 1.165) is 25.9 Å². The van der Waals surface area contributed by atoms with Gasteiger partial charge in [0.1, 0.15) is 16.9 Å². The zero-order valence-corrected chi connectivity index (χ0v) is 44.7. The maximum Gasteiger partial charge on any atom is 2.00 e. The molecule has 1 saturated carbocycles. The minimum absolute atomic E-state index is 0. The third kappa shape index (κ3) is 14.7. The van der Waals surface area contributed by atoms with Gasteiger partial charge in [-0.3, -0.25) is 0 Å². The topological polar surface area (TPSA) is 35.5 Å². The van der Waals surface area contributed by atoms with Crippen LogP contribution in [0.15, 0.2) is 231 Å². The molecule has 2 aliphatic rings. The fourth-order valence-electron chi connectivity index (χ4n) is 9.15. The first-order valence-electron chi connectivity index (χ1n) is 24.3. The second-order valence-corrected chi connectivity index (χ2v) is 20.4. The first-order chi connectivity index (χ1) is 34.3. The molecule has 3 nitrogen and oxygen atoms in total. The number of ether oxygens (including phenoxy) is 1. The molecular weight excluding hydrogens is 990 g/mol. The van der Waals surface area contributed by atoms with E-state index < -0.39 is 14.1 Å².